The second-order valence-electron chi connectivity index (χ2n) is 5.70. The Balaban J connectivity index is 2.55. The highest BCUT2D eigenvalue weighted by Crippen LogP contribution is 2.38. The second kappa shape index (κ2) is 3.95. The molecule has 1 rings (SSSR count). The molecule has 0 N–H and O–H groups in total. The molecule has 3 heteroatoms. The van der Waals surface area contributed by atoms with Crippen molar-refractivity contribution in [2.24, 2.45) is 0 Å². The fourth-order valence-corrected chi connectivity index (χ4v) is 2.68. The molecule has 2 nitrogen and oxygen atoms in total. The smallest absolute Gasteiger partial charge is 0.192 e. The molecule has 2 atom stereocenters. The van der Waals surface area contributed by atoms with E-state index in [1.807, 2.05) is 0 Å². The fourth-order valence-electron chi connectivity index (χ4n) is 1.25. The molecule has 0 amide bonds. The van der Waals surface area contributed by atoms with Gasteiger partial charge in [-0.25, -0.2) is 0 Å². The van der Waals surface area contributed by atoms with Gasteiger partial charge in [-0.05, 0) is 24.6 Å². The van der Waals surface area contributed by atoms with Gasteiger partial charge in [-0.2, -0.15) is 0 Å². The van der Waals surface area contributed by atoms with Crippen LogP contribution in [0.15, 0.2) is 0 Å². The van der Waals surface area contributed by atoms with Crippen molar-refractivity contribution in [2.45, 2.75) is 64.5 Å². The molecule has 0 radical (unpaired) electrons. The third kappa shape index (κ3) is 2.81. The van der Waals surface area contributed by atoms with Gasteiger partial charge in [0.1, 0.15) is 6.10 Å². The summed E-state index contributed by atoms with van der Waals surface area (Å²) >= 11 is 0. The first kappa shape index (κ1) is 12.2. The molecule has 14 heavy (non-hydrogen) atoms. The summed E-state index contributed by atoms with van der Waals surface area (Å²) in [5, 5.41) is 0.301. The van der Waals surface area contributed by atoms with Gasteiger partial charge in [-0.3, -0.25) is 0 Å². The summed E-state index contributed by atoms with van der Waals surface area (Å²) in [4.78, 5) is 0. The van der Waals surface area contributed by atoms with Gasteiger partial charge in [0, 0.05) is 0 Å². The lowest BCUT2D eigenvalue weighted by Gasteiger charge is -2.38. The molecule has 1 fully saturated rings. The van der Waals surface area contributed by atoms with Gasteiger partial charge in [-0.1, -0.05) is 27.7 Å². The van der Waals surface area contributed by atoms with Gasteiger partial charge >= 0.3 is 0 Å². The average molecular weight is 216 g/mol. The first-order valence-corrected chi connectivity index (χ1v) is 8.48. The van der Waals surface area contributed by atoms with Gasteiger partial charge in [0.05, 0.1) is 12.7 Å². The quantitative estimate of drug-likeness (QED) is 0.532. The standard InChI is InChI=1S/C11H24O2Si/c1-7-9(10-8-12-10)13-14(5,6)11(2,3)4/h9-10H,7-8H2,1-6H3/t9-,10+/m0/s1. The minimum Gasteiger partial charge on any atom is -0.411 e. The van der Waals surface area contributed by atoms with Crippen molar-refractivity contribution in [3.63, 3.8) is 0 Å². The van der Waals surface area contributed by atoms with Gasteiger partial charge in [0.15, 0.2) is 8.32 Å². The van der Waals surface area contributed by atoms with E-state index in [9.17, 15) is 0 Å². The summed E-state index contributed by atoms with van der Waals surface area (Å²) in [6.45, 7) is 14.5. The van der Waals surface area contributed by atoms with Crippen LogP contribution in [0.4, 0.5) is 0 Å². The third-order valence-electron chi connectivity index (χ3n) is 3.43. The van der Waals surface area contributed by atoms with Crippen LogP contribution >= 0.6 is 0 Å². The summed E-state index contributed by atoms with van der Waals surface area (Å²) < 4.78 is 11.6. The van der Waals surface area contributed by atoms with Gasteiger partial charge in [0.2, 0.25) is 0 Å². The molecule has 1 heterocycles. The summed E-state index contributed by atoms with van der Waals surface area (Å²) in [5.41, 5.74) is 0. The molecule has 0 unspecified atom stereocenters. The Labute approximate surface area is 89.1 Å². The van der Waals surface area contributed by atoms with E-state index in [4.69, 9.17) is 9.16 Å². The molecule has 0 aromatic rings. The van der Waals surface area contributed by atoms with Crippen molar-refractivity contribution < 1.29 is 9.16 Å². The van der Waals surface area contributed by atoms with Crippen molar-refractivity contribution in [1.82, 2.24) is 0 Å². The zero-order chi connectivity index (χ0) is 11.0. The van der Waals surface area contributed by atoms with Crippen LogP contribution < -0.4 is 0 Å². The summed E-state index contributed by atoms with van der Waals surface area (Å²) in [6, 6.07) is 0. The van der Waals surface area contributed by atoms with Crippen molar-refractivity contribution in [3.8, 4) is 0 Å². The van der Waals surface area contributed by atoms with E-state index in [0.29, 0.717) is 17.2 Å². The number of hydrogen-bond acceptors (Lipinski definition) is 2. The lowest BCUT2D eigenvalue weighted by Crippen LogP contribution is -2.45. The topological polar surface area (TPSA) is 21.8 Å². The van der Waals surface area contributed by atoms with Gasteiger partial charge in [-0.15, -0.1) is 0 Å². The highest BCUT2D eigenvalue weighted by Gasteiger charge is 2.42. The fraction of sp³-hybridized carbons (Fsp3) is 1.00. The highest BCUT2D eigenvalue weighted by molar-refractivity contribution is 6.74. The minimum absolute atomic E-state index is 0.301. The van der Waals surface area contributed by atoms with E-state index in [0.717, 1.165) is 13.0 Å². The predicted octanol–water partition coefficient (Wildman–Crippen LogP) is 3.19. The van der Waals surface area contributed by atoms with E-state index in [-0.39, 0.29) is 0 Å². The largest absolute Gasteiger partial charge is 0.411 e. The molecular weight excluding hydrogens is 192 g/mol. The molecule has 0 bridgehead atoms. The zero-order valence-corrected chi connectivity index (χ0v) is 11.4. The number of rotatable bonds is 4. The molecule has 0 saturated carbocycles. The Morgan fingerprint density at radius 1 is 1.43 bits per heavy atom. The van der Waals surface area contributed by atoms with Crippen LogP contribution in [0, 0.1) is 0 Å². The van der Waals surface area contributed by atoms with Crippen LogP contribution in [0.1, 0.15) is 34.1 Å². The molecule has 1 aliphatic rings. The molecule has 84 valence electrons. The molecule has 0 spiro atoms. The minimum atomic E-state index is -1.59. The molecule has 1 aliphatic heterocycles. The van der Waals surface area contributed by atoms with Crippen molar-refractivity contribution in [1.29, 1.82) is 0 Å². The predicted molar refractivity (Wildman–Crippen MR) is 62.1 cm³/mol. The van der Waals surface area contributed by atoms with Crippen LogP contribution in [0.5, 0.6) is 0 Å². The van der Waals surface area contributed by atoms with E-state index in [2.05, 4.69) is 40.8 Å². The number of ether oxygens (including phenoxy) is 1. The molecule has 1 saturated heterocycles. The van der Waals surface area contributed by atoms with Gasteiger partial charge < -0.3 is 9.16 Å². The maximum Gasteiger partial charge on any atom is 0.192 e. The molecular formula is C11H24O2Si. The Morgan fingerprint density at radius 2 is 1.93 bits per heavy atom. The molecule has 0 aliphatic carbocycles. The van der Waals surface area contributed by atoms with E-state index in [1.54, 1.807) is 0 Å². The Hall–Kier alpha value is 0.137. The van der Waals surface area contributed by atoms with Crippen LogP contribution in [-0.4, -0.2) is 27.1 Å². The van der Waals surface area contributed by atoms with Crippen LogP contribution in [0.3, 0.4) is 0 Å². The number of epoxide rings is 1. The third-order valence-corrected chi connectivity index (χ3v) is 7.93. The van der Waals surface area contributed by atoms with Gasteiger partial charge in [0.25, 0.3) is 0 Å². The Bertz CT molecular complexity index is 192. The summed E-state index contributed by atoms with van der Waals surface area (Å²) in [5.74, 6) is 0. The maximum absolute atomic E-state index is 6.29. The van der Waals surface area contributed by atoms with Crippen molar-refractivity contribution in [3.05, 3.63) is 0 Å². The average Bonchev–Trinajstić information content (AvgIpc) is 2.80. The maximum atomic E-state index is 6.29. The van der Waals surface area contributed by atoms with Crippen LogP contribution in [0.25, 0.3) is 0 Å². The molecule has 0 aromatic carbocycles. The van der Waals surface area contributed by atoms with Crippen LogP contribution in [-0.2, 0) is 9.16 Å². The van der Waals surface area contributed by atoms with E-state index < -0.39 is 8.32 Å². The SMILES string of the molecule is CC[C@H](O[Si](C)(C)C(C)(C)C)[C@H]1CO1. The lowest BCUT2D eigenvalue weighted by atomic mass is 10.2. The van der Waals surface area contributed by atoms with Crippen LogP contribution in [0.2, 0.25) is 18.1 Å². The normalized spacial score (nSPS) is 24.9. The molecule has 0 aromatic heterocycles. The number of hydrogen-bond donors (Lipinski definition) is 0. The Kier molecular flexibility index (Phi) is 3.44. The first-order valence-electron chi connectivity index (χ1n) is 5.57. The van der Waals surface area contributed by atoms with Crippen molar-refractivity contribution >= 4 is 8.32 Å². The van der Waals surface area contributed by atoms with E-state index >= 15 is 0 Å². The zero-order valence-electron chi connectivity index (χ0n) is 10.4. The van der Waals surface area contributed by atoms with Crippen molar-refractivity contribution in [2.75, 3.05) is 6.61 Å². The first-order chi connectivity index (χ1) is 6.28. The van der Waals surface area contributed by atoms with E-state index in [1.165, 1.54) is 0 Å². The highest BCUT2D eigenvalue weighted by atomic mass is 28.4. The Morgan fingerprint density at radius 3 is 2.21 bits per heavy atom. The second-order valence-corrected chi connectivity index (χ2v) is 10.5. The summed E-state index contributed by atoms with van der Waals surface area (Å²) in [7, 11) is -1.59. The lowest BCUT2D eigenvalue weighted by molar-refractivity contribution is 0.139. The summed E-state index contributed by atoms with van der Waals surface area (Å²) in [6.07, 6.45) is 1.78. The monoisotopic (exact) mass is 216 g/mol.